The first-order valence-corrected chi connectivity index (χ1v) is 9.67. The average Bonchev–Trinajstić information content (AvgIpc) is 2.32. The molecule has 0 spiro atoms. The molecular weight excluding hydrogens is 316 g/mol. The van der Waals surface area contributed by atoms with E-state index in [0.29, 0.717) is 5.75 Å². The minimum absolute atomic E-state index is 0.147. The molecule has 9 heteroatoms. The maximum absolute atomic E-state index is 11.9. The van der Waals surface area contributed by atoms with E-state index in [0.717, 1.165) is 6.26 Å². The Kier molecular flexibility index (Phi) is 6.14. The Morgan fingerprint density at radius 1 is 1.10 bits per heavy atom. The van der Waals surface area contributed by atoms with Gasteiger partial charge in [0.2, 0.25) is 20.0 Å². The van der Waals surface area contributed by atoms with Gasteiger partial charge in [-0.15, -0.1) is 0 Å². The van der Waals surface area contributed by atoms with Gasteiger partial charge in [0.05, 0.1) is 11.2 Å². The third-order valence-corrected chi connectivity index (χ3v) is 4.66. The summed E-state index contributed by atoms with van der Waals surface area (Å²) in [6.07, 6.45) is 1.06. The number of nitrogens with one attached hydrogen (secondary N) is 2. The fourth-order valence-corrected chi connectivity index (χ4v) is 3.19. The molecule has 120 valence electrons. The number of rotatable bonds is 8. The number of hydrogen-bond acceptors (Lipinski definition) is 5. The molecule has 0 heterocycles. The topological polar surface area (TPSA) is 102 Å². The first-order chi connectivity index (χ1) is 9.60. The van der Waals surface area contributed by atoms with Gasteiger partial charge in [-0.2, -0.15) is 0 Å². The van der Waals surface area contributed by atoms with Crippen molar-refractivity contribution in [2.45, 2.75) is 24.8 Å². The standard InChI is InChI=1S/C12H20N2O5S2/c1-10(2)14-21(17,18)12-6-4-11(5-7-12)19-9-8-13-20(3,15)16/h4-7,10,13-14H,8-9H2,1-3H3. The number of ether oxygens (including phenoxy) is 1. The van der Waals surface area contributed by atoms with Crippen LogP contribution in [0.5, 0.6) is 5.75 Å². The molecule has 0 radical (unpaired) electrons. The highest BCUT2D eigenvalue weighted by Gasteiger charge is 2.14. The molecule has 0 bridgehead atoms. The van der Waals surface area contributed by atoms with Crippen LogP contribution in [0.15, 0.2) is 29.2 Å². The molecule has 0 aromatic heterocycles. The van der Waals surface area contributed by atoms with Crippen molar-refractivity contribution < 1.29 is 21.6 Å². The SMILES string of the molecule is CC(C)NS(=O)(=O)c1ccc(OCCNS(C)(=O)=O)cc1. The molecule has 0 aliphatic rings. The molecule has 0 aliphatic carbocycles. The summed E-state index contributed by atoms with van der Waals surface area (Å²) in [5.74, 6) is 0.466. The lowest BCUT2D eigenvalue weighted by molar-refractivity contribution is 0.322. The zero-order chi connectivity index (χ0) is 16.1. The Hall–Kier alpha value is -1.16. The second-order valence-corrected chi connectivity index (χ2v) is 8.31. The number of benzene rings is 1. The van der Waals surface area contributed by atoms with Gasteiger partial charge in [-0.3, -0.25) is 0 Å². The maximum Gasteiger partial charge on any atom is 0.240 e. The molecule has 0 atom stereocenters. The molecule has 0 unspecified atom stereocenters. The van der Waals surface area contributed by atoms with Gasteiger partial charge in [0.25, 0.3) is 0 Å². The van der Waals surface area contributed by atoms with Gasteiger partial charge >= 0.3 is 0 Å². The third-order valence-electron chi connectivity index (χ3n) is 2.26. The Labute approximate surface area is 125 Å². The van der Waals surface area contributed by atoms with Crippen LogP contribution in [0.1, 0.15) is 13.8 Å². The van der Waals surface area contributed by atoms with Gasteiger partial charge < -0.3 is 4.74 Å². The fraction of sp³-hybridized carbons (Fsp3) is 0.500. The average molecular weight is 336 g/mol. The van der Waals surface area contributed by atoms with E-state index in [2.05, 4.69) is 9.44 Å². The van der Waals surface area contributed by atoms with Crippen LogP contribution in [0.25, 0.3) is 0 Å². The molecule has 7 nitrogen and oxygen atoms in total. The van der Waals surface area contributed by atoms with Gasteiger partial charge in [-0.25, -0.2) is 26.3 Å². The van der Waals surface area contributed by atoms with Crippen molar-refractivity contribution in [2.24, 2.45) is 0 Å². The Balaban J connectivity index is 2.59. The summed E-state index contributed by atoms with van der Waals surface area (Å²) in [5, 5.41) is 0. The Morgan fingerprint density at radius 3 is 2.14 bits per heavy atom. The van der Waals surface area contributed by atoms with Gasteiger partial charge in [-0.05, 0) is 38.1 Å². The summed E-state index contributed by atoms with van der Waals surface area (Å²) in [5.41, 5.74) is 0. The predicted octanol–water partition coefficient (Wildman–Crippen LogP) is 0.301. The molecule has 0 fully saturated rings. The molecule has 0 amide bonds. The van der Waals surface area contributed by atoms with Crippen molar-refractivity contribution in [3.63, 3.8) is 0 Å². The number of hydrogen-bond donors (Lipinski definition) is 2. The van der Waals surface area contributed by atoms with Gasteiger partial charge in [0.15, 0.2) is 0 Å². The number of sulfonamides is 2. The lowest BCUT2D eigenvalue weighted by Gasteiger charge is -2.10. The Bertz CT molecular complexity index is 651. The van der Waals surface area contributed by atoms with Gasteiger partial charge in [0, 0.05) is 12.6 Å². The van der Waals surface area contributed by atoms with E-state index in [9.17, 15) is 16.8 Å². The summed E-state index contributed by atoms with van der Waals surface area (Å²) in [6, 6.07) is 5.73. The van der Waals surface area contributed by atoms with Crippen LogP contribution < -0.4 is 14.2 Å². The van der Waals surface area contributed by atoms with Gasteiger partial charge in [0.1, 0.15) is 12.4 Å². The Morgan fingerprint density at radius 2 is 1.67 bits per heavy atom. The van der Waals surface area contributed by atoms with Crippen molar-refractivity contribution >= 4 is 20.0 Å². The van der Waals surface area contributed by atoms with E-state index in [1.54, 1.807) is 13.8 Å². The van der Waals surface area contributed by atoms with Crippen molar-refractivity contribution in [1.82, 2.24) is 9.44 Å². The molecule has 0 saturated heterocycles. The highest BCUT2D eigenvalue weighted by atomic mass is 32.2. The van der Waals surface area contributed by atoms with E-state index in [-0.39, 0.29) is 24.1 Å². The fourth-order valence-electron chi connectivity index (χ4n) is 1.49. The van der Waals surface area contributed by atoms with Crippen LogP contribution in [0, 0.1) is 0 Å². The molecule has 1 aromatic carbocycles. The maximum atomic E-state index is 11.9. The monoisotopic (exact) mass is 336 g/mol. The van der Waals surface area contributed by atoms with Crippen LogP contribution in [0.2, 0.25) is 0 Å². The quantitative estimate of drug-likeness (QED) is 0.665. The van der Waals surface area contributed by atoms with Crippen LogP contribution in [-0.4, -0.2) is 42.3 Å². The largest absolute Gasteiger partial charge is 0.492 e. The first-order valence-electron chi connectivity index (χ1n) is 6.30. The van der Waals surface area contributed by atoms with Crippen LogP contribution in [0.3, 0.4) is 0 Å². The minimum Gasteiger partial charge on any atom is -0.492 e. The molecule has 1 rings (SSSR count). The van der Waals surface area contributed by atoms with E-state index in [1.807, 2.05) is 0 Å². The lowest BCUT2D eigenvalue weighted by Crippen LogP contribution is -2.30. The molecule has 0 saturated carbocycles. The minimum atomic E-state index is -3.52. The zero-order valence-corrected chi connectivity index (χ0v) is 13.8. The molecule has 2 N–H and O–H groups in total. The van der Waals surface area contributed by atoms with E-state index in [1.165, 1.54) is 24.3 Å². The van der Waals surface area contributed by atoms with E-state index < -0.39 is 20.0 Å². The van der Waals surface area contributed by atoms with E-state index in [4.69, 9.17) is 4.74 Å². The van der Waals surface area contributed by atoms with Crippen LogP contribution in [-0.2, 0) is 20.0 Å². The molecule has 0 aliphatic heterocycles. The normalized spacial score (nSPS) is 12.6. The highest BCUT2D eigenvalue weighted by Crippen LogP contribution is 2.16. The molecule has 21 heavy (non-hydrogen) atoms. The first kappa shape index (κ1) is 17.9. The molecular formula is C12H20N2O5S2. The summed E-state index contributed by atoms with van der Waals surface area (Å²) in [7, 11) is -6.75. The smallest absolute Gasteiger partial charge is 0.240 e. The van der Waals surface area contributed by atoms with Crippen molar-refractivity contribution in [1.29, 1.82) is 0 Å². The third kappa shape index (κ3) is 6.89. The summed E-state index contributed by atoms with van der Waals surface area (Å²) in [4.78, 5) is 0.151. The zero-order valence-electron chi connectivity index (χ0n) is 12.2. The summed E-state index contributed by atoms with van der Waals surface area (Å²) >= 11 is 0. The summed E-state index contributed by atoms with van der Waals surface area (Å²) in [6.45, 7) is 3.78. The van der Waals surface area contributed by atoms with Crippen molar-refractivity contribution in [3.05, 3.63) is 24.3 Å². The predicted molar refractivity (Wildman–Crippen MR) is 80.2 cm³/mol. The van der Waals surface area contributed by atoms with Crippen molar-refractivity contribution in [3.8, 4) is 5.75 Å². The summed E-state index contributed by atoms with van der Waals surface area (Å²) < 4.78 is 55.6. The van der Waals surface area contributed by atoms with Crippen LogP contribution in [0.4, 0.5) is 0 Å². The second-order valence-electron chi connectivity index (χ2n) is 4.76. The van der Waals surface area contributed by atoms with Crippen molar-refractivity contribution in [2.75, 3.05) is 19.4 Å². The van der Waals surface area contributed by atoms with Crippen LogP contribution >= 0.6 is 0 Å². The highest BCUT2D eigenvalue weighted by molar-refractivity contribution is 7.89. The second kappa shape index (κ2) is 7.21. The van der Waals surface area contributed by atoms with E-state index >= 15 is 0 Å². The molecule has 1 aromatic rings. The lowest BCUT2D eigenvalue weighted by atomic mass is 10.3. The van der Waals surface area contributed by atoms with Gasteiger partial charge in [-0.1, -0.05) is 0 Å².